The number of hydrogen-bond acceptors (Lipinski definition) is 5. The number of methoxy groups -OCH3 is 1. The van der Waals surface area contributed by atoms with Gasteiger partial charge in [-0.15, -0.1) is 0 Å². The van der Waals surface area contributed by atoms with E-state index < -0.39 is 5.97 Å². The summed E-state index contributed by atoms with van der Waals surface area (Å²) in [6, 6.07) is 23.0. The second kappa shape index (κ2) is 7.36. The fourth-order valence-electron chi connectivity index (χ4n) is 3.01. The summed E-state index contributed by atoms with van der Waals surface area (Å²) in [5.41, 5.74) is 2.37. The van der Waals surface area contributed by atoms with Gasteiger partial charge in [0.05, 0.1) is 18.4 Å². The van der Waals surface area contributed by atoms with Crippen LogP contribution in [0.2, 0.25) is 0 Å². The van der Waals surface area contributed by atoms with Gasteiger partial charge in [0.15, 0.2) is 5.71 Å². The number of fused-ring (bicyclic) bond motifs is 1. The molecule has 0 N–H and O–H groups in total. The van der Waals surface area contributed by atoms with Crippen molar-refractivity contribution in [2.24, 2.45) is 5.16 Å². The van der Waals surface area contributed by atoms with E-state index in [1.54, 1.807) is 41.3 Å². The van der Waals surface area contributed by atoms with Gasteiger partial charge in [-0.1, -0.05) is 47.6 Å². The number of carbonyl (C=O) groups is 2. The smallest absolute Gasteiger partial charge is 0.365 e. The lowest BCUT2D eigenvalue weighted by atomic mass is 10.1. The predicted octanol–water partition coefficient (Wildman–Crippen LogP) is 3.93. The Morgan fingerprint density at radius 2 is 1.68 bits per heavy atom. The quantitative estimate of drug-likeness (QED) is 0.514. The highest BCUT2D eigenvalue weighted by molar-refractivity contribution is 6.55. The molecule has 0 aliphatic carbocycles. The Hall–Kier alpha value is -3.93. The van der Waals surface area contributed by atoms with Gasteiger partial charge in [0.25, 0.3) is 5.91 Å². The zero-order valence-electron chi connectivity index (χ0n) is 15.0. The fourth-order valence-corrected chi connectivity index (χ4v) is 3.01. The first-order valence-corrected chi connectivity index (χ1v) is 8.61. The van der Waals surface area contributed by atoms with Gasteiger partial charge in [-0.3, -0.25) is 9.69 Å². The Balaban J connectivity index is 1.66. The summed E-state index contributed by atoms with van der Waals surface area (Å²) < 4.78 is 5.11. The predicted molar refractivity (Wildman–Crippen MR) is 105 cm³/mol. The standard InChI is InChI=1S/C22H16N2O4/c1-27-17-11-7-8-15(14-17)22(26)28-23-20-18-12-5-6-13-19(18)24(21(20)25)16-9-3-2-4-10-16/h2-14H,1H3/b23-20+. The highest BCUT2D eigenvalue weighted by Crippen LogP contribution is 2.35. The van der Waals surface area contributed by atoms with Crippen LogP contribution in [0.25, 0.3) is 0 Å². The van der Waals surface area contributed by atoms with Gasteiger partial charge in [-0.25, -0.2) is 4.79 Å². The van der Waals surface area contributed by atoms with Crippen LogP contribution >= 0.6 is 0 Å². The molecule has 4 rings (SSSR count). The van der Waals surface area contributed by atoms with E-state index in [-0.39, 0.29) is 17.2 Å². The van der Waals surface area contributed by atoms with Crippen molar-refractivity contribution in [1.29, 1.82) is 0 Å². The van der Waals surface area contributed by atoms with Gasteiger partial charge in [0.2, 0.25) is 0 Å². The maximum atomic E-state index is 13.0. The molecule has 6 nitrogen and oxygen atoms in total. The lowest BCUT2D eigenvalue weighted by molar-refractivity contribution is -0.111. The van der Waals surface area contributed by atoms with Crippen LogP contribution in [-0.4, -0.2) is 24.7 Å². The van der Waals surface area contributed by atoms with Gasteiger partial charge in [-0.2, -0.15) is 0 Å². The molecule has 0 bridgehead atoms. The first-order valence-electron chi connectivity index (χ1n) is 8.61. The van der Waals surface area contributed by atoms with E-state index in [4.69, 9.17) is 9.57 Å². The van der Waals surface area contributed by atoms with E-state index in [0.29, 0.717) is 22.7 Å². The van der Waals surface area contributed by atoms with E-state index in [9.17, 15) is 9.59 Å². The molecule has 0 fully saturated rings. The number of amides is 1. The Labute approximate surface area is 161 Å². The Morgan fingerprint density at radius 1 is 0.929 bits per heavy atom. The van der Waals surface area contributed by atoms with Crippen molar-refractivity contribution < 1.29 is 19.2 Å². The minimum Gasteiger partial charge on any atom is -0.497 e. The molecular formula is C22H16N2O4. The zero-order valence-corrected chi connectivity index (χ0v) is 15.0. The molecule has 28 heavy (non-hydrogen) atoms. The van der Waals surface area contributed by atoms with E-state index in [1.807, 2.05) is 42.5 Å². The molecule has 0 saturated carbocycles. The number of benzene rings is 3. The van der Waals surface area contributed by atoms with Crippen molar-refractivity contribution in [2.75, 3.05) is 12.0 Å². The summed E-state index contributed by atoms with van der Waals surface area (Å²) in [6.45, 7) is 0. The lowest BCUT2D eigenvalue weighted by Crippen LogP contribution is -2.25. The van der Waals surface area contributed by atoms with E-state index >= 15 is 0 Å². The number of ether oxygens (including phenoxy) is 1. The van der Waals surface area contributed by atoms with Crippen molar-refractivity contribution in [3.63, 3.8) is 0 Å². The second-order valence-electron chi connectivity index (χ2n) is 6.04. The summed E-state index contributed by atoms with van der Waals surface area (Å²) in [4.78, 5) is 31.9. The van der Waals surface area contributed by atoms with Crippen LogP contribution in [0, 0.1) is 0 Å². The molecule has 0 aromatic heterocycles. The van der Waals surface area contributed by atoms with Crippen LogP contribution in [0.1, 0.15) is 15.9 Å². The second-order valence-corrected chi connectivity index (χ2v) is 6.04. The highest BCUT2D eigenvalue weighted by atomic mass is 16.7. The van der Waals surface area contributed by atoms with Crippen LogP contribution in [0.3, 0.4) is 0 Å². The first kappa shape index (κ1) is 17.5. The molecule has 1 aliphatic heterocycles. The van der Waals surface area contributed by atoms with Crippen LogP contribution in [-0.2, 0) is 9.63 Å². The minimum atomic E-state index is -0.671. The molecule has 0 unspecified atom stereocenters. The van der Waals surface area contributed by atoms with Crippen molar-refractivity contribution in [3.05, 3.63) is 90.0 Å². The summed E-state index contributed by atoms with van der Waals surface area (Å²) >= 11 is 0. The van der Waals surface area contributed by atoms with E-state index in [0.717, 1.165) is 0 Å². The number of oxime groups is 1. The largest absolute Gasteiger partial charge is 0.497 e. The van der Waals surface area contributed by atoms with Crippen molar-refractivity contribution in [2.45, 2.75) is 0 Å². The topological polar surface area (TPSA) is 68.2 Å². The van der Waals surface area contributed by atoms with Gasteiger partial charge in [0, 0.05) is 11.3 Å². The number of hydrogen-bond donors (Lipinski definition) is 0. The molecule has 6 heteroatoms. The summed E-state index contributed by atoms with van der Waals surface area (Å²) in [6.07, 6.45) is 0. The maximum absolute atomic E-state index is 13.0. The molecule has 1 amide bonds. The van der Waals surface area contributed by atoms with Gasteiger partial charge >= 0.3 is 5.97 Å². The van der Waals surface area contributed by atoms with Gasteiger partial charge in [-0.05, 0) is 36.4 Å². The van der Waals surface area contributed by atoms with Crippen LogP contribution in [0.5, 0.6) is 5.75 Å². The average Bonchev–Trinajstić information content (AvgIpc) is 3.03. The first-order chi connectivity index (χ1) is 13.7. The summed E-state index contributed by atoms with van der Waals surface area (Å²) in [7, 11) is 1.51. The monoisotopic (exact) mass is 372 g/mol. The van der Waals surface area contributed by atoms with Crippen LogP contribution in [0.4, 0.5) is 11.4 Å². The van der Waals surface area contributed by atoms with Crippen molar-refractivity contribution in [3.8, 4) is 5.75 Å². The molecule has 0 radical (unpaired) electrons. The molecular weight excluding hydrogens is 356 g/mol. The molecule has 138 valence electrons. The third kappa shape index (κ3) is 3.12. The molecule has 0 spiro atoms. The van der Waals surface area contributed by atoms with Crippen LogP contribution < -0.4 is 9.64 Å². The third-order valence-corrected chi connectivity index (χ3v) is 4.35. The highest BCUT2D eigenvalue weighted by Gasteiger charge is 2.35. The zero-order chi connectivity index (χ0) is 19.5. The summed E-state index contributed by atoms with van der Waals surface area (Å²) in [5, 5.41) is 3.89. The Bertz CT molecular complexity index is 1080. The third-order valence-electron chi connectivity index (χ3n) is 4.35. The van der Waals surface area contributed by atoms with Gasteiger partial charge in [0.1, 0.15) is 5.75 Å². The molecule has 1 heterocycles. The SMILES string of the molecule is COc1cccc(C(=O)O/N=C2/C(=O)N(c3ccccc3)c3ccccc32)c1. The lowest BCUT2D eigenvalue weighted by Gasteiger charge is -2.16. The van der Waals surface area contributed by atoms with Crippen molar-refractivity contribution >= 4 is 29.0 Å². The average molecular weight is 372 g/mol. The number of rotatable bonds is 4. The normalized spacial score (nSPS) is 14.1. The van der Waals surface area contributed by atoms with Gasteiger partial charge < -0.3 is 9.57 Å². The number of para-hydroxylation sites is 2. The molecule has 0 saturated heterocycles. The van der Waals surface area contributed by atoms with E-state index in [2.05, 4.69) is 5.16 Å². The Morgan fingerprint density at radius 3 is 2.46 bits per heavy atom. The van der Waals surface area contributed by atoms with E-state index in [1.165, 1.54) is 7.11 Å². The minimum absolute atomic E-state index is 0.0794. The maximum Gasteiger partial charge on any atom is 0.365 e. The van der Waals surface area contributed by atoms with Crippen molar-refractivity contribution in [1.82, 2.24) is 0 Å². The fraction of sp³-hybridized carbons (Fsp3) is 0.0455. The molecule has 0 atom stereocenters. The number of anilines is 2. The molecule has 3 aromatic carbocycles. The number of carbonyl (C=O) groups excluding carboxylic acids is 2. The Kier molecular flexibility index (Phi) is 4.60. The molecule has 3 aromatic rings. The number of nitrogens with zero attached hydrogens (tertiary/aromatic N) is 2. The van der Waals surface area contributed by atoms with Crippen LogP contribution in [0.15, 0.2) is 84.0 Å². The molecule has 1 aliphatic rings. The summed E-state index contributed by atoms with van der Waals surface area (Å²) in [5.74, 6) is -0.500.